The van der Waals surface area contributed by atoms with Gasteiger partial charge >= 0.3 is 6.18 Å². The van der Waals surface area contributed by atoms with Crippen molar-refractivity contribution < 1.29 is 13.2 Å². The lowest BCUT2D eigenvalue weighted by atomic mass is 10.2. The lowest BCUT2D eigenvalue weighted by Crippen LogP contribution is -2.05. The quantitative estimate of drug-likeness (QED) is 0.741. The Morgan fingerprint density at radius 2 is 1.80 bits per heavy atom. The van der Waals surface area contributed by atoms with Crippen molar-refractivity contribution in [1.82, 2.24) is 0 Å². The molecule has 1 nitrogen and oxygen atoms in total. The van der Waals surface area contributed by atoms with Crippen molar-refractivity contribution in [2.75, 3.05) is 11.9 Å². The highest BCUT2D eigenvalue weighted by atomic mass is 79.9. The van der Waals surface area contributed by atoms with E-state index < -0.39 is 11.7 Å². The van der Waals surface area contributed by atoms with Crippen LogP contribution in [0.5, 0.6) is 0 Å². The van der Waals surface area contributed by atoms with Crippen LogP contribution in [0, 0.1) is 0 Å². The topological polar surface area (TPSA) is 12.0 Å². The van der Waals surface area contributed by atoms with Crippen LogP contribution in [0.15, 0.2) is 46.3 Å². The van der Waals surface area contributed by atoms with Crippen LogP contribution < -0.4 is 5.32 Å². The molecule has 0 aliphatic carbocycles. The zero-order valence-corrected chi connectivity index (χ0v) is 12.6. The van der Waals surface area contributed by atoms with Gasteiger partial charge in [0.05, 0.1) is 9.35 Å². The summed E-state index contributed by atoms with van der Waals surface area (Å²) in [6.45, 7) is 0.556. The van der Waals surface area contributed by atoms with E-state index >= 15 is 0 Å². The molecule has 20 heavy (non-hydrogen) atoms. The third-order valence-corrected chi connectivity index (χ3v) is 4.10. The van der Waals surface area contributed by atoms with Gasteiger partial charge in [0.15, 0.2) is 0 Å². The van der Waals surface area contributed by atoms with E-state index in [4.69, 9.17) is 0 Å². The van der Waals surface area contributed by atoms with E-state index in [9.17, 15) is 13.2 Å². The van der Waals surface area contributed by atoms with Crippen LogP contribution in [0.25, 0.3) is 6.08 Å². The Balaban J connectivity index is 1.87. The van der Waals surface area contributed by atoms with Gasteiger partial charge in [-0.25, -0.2) is 0 Å². The number of hydrogen-bond acceptors (Lipinski definition) is 2. The van der Waals surface area contributed by atoms with Gasteiger partial charge in [-0.15, -0.1) is 11.3 Å². The predicted octanol–water partition coefficient (Wildman–Crippen LogP) is 5.65. The van der Waals surface area contributed by atoms with Crippen molar-refractivity contribution in [2.24, 2.45) is 0 Å². The number of alkyl halides is 3. The van der Waals surface area contributed by atoms with Crippen molar-refractivity contribution in [3.63, 3.8) is 0 Å². The van der Waals surface area contributed by atoms with Gasteiger partial charge in [-0.1, -0.05) is 6.08 Å². The lowest BCUT2D eigenvalue weighted by Gasteiger charge is -2.08. The van der Waals surface area contributed by atoms with E-state index in [0.717, 1.165) is 20.8 Å². The summed E-state index contributed by atoms with van der Waals surface area (Å²) in [5.74, 6) is 0. The van der Waals surface area contributed by atoms with Crippen molar-refractivity contribution in [3.8, 4) is 0 Å². The molecule has 1 aromatic heterocycles. The minimum absolute atomic E-state index is 0.556. The summed E-state index contributed by atoms with van der Waals surface area (Å²) in [6.07, 6.45) is -0.395. The second-order valence-electron chi connectivity index (χ2n) is 4.00. The Morgan fingerprint density at radius 1 is 1.10 bits per heavy atom. The van der Waals surface area contributed by atoms with E-state index in [1.807, 2.05) is 24.3 Å². The molecule has 1 aromatic carbocycles. The van der Waals surface area contributed by atoms with Gasteiger partial charge in [-0.05, 0) is 58.4 Å². The standard InChI is InChI=1S/C14H11BrF3NS/c15-13-8-7-12(20-13)2-1-9-19-11-5-3-10(4-6-11)14(16,17)18/h1-8,19H,9H2/b2-1+. The third-order valence-electron chi connectivity index (χ3n) is 2.51. The van der Waals surface area contributed by atoms with E-state index in [1.165, 1.54) is 12.1 Å². The number of rotatable bonds is 4. The molecule has 0 fully saturated rings. The van der Waals surface area contributed by atoms with Crippen LogP contribution in [-0.2, 0) is 6.18 Å². The molecule has 0 amide bonds. The Bertz CT molecular complexity index is 587. The number of benzene rings is 1. The van der Waals surface area contributed by atoms with Gasteiger partial charge in [-0.3, -0.25) is 0 Å². The summed E-state index contributed by atoms with van der Waals surface area (Å²) >= 11 is 4.99. The second kappa shape index (κ2) is 6.45. The molecule has 6 heteroatoms. The molecule has 2 rings (SSSR count). The molecule has 0 bridgehead atoms. The molecule has 0 atom stereocenters. The molecule has 0 aliphatic rings. The van der Waals surface area contributed by atoms with Gasteiger partial charge in [0.2, 0.25) is 0 Å². The summed E-state index contributed by atoms with van der Waals surface area (Å²) in [4.78, 5) is 1.12. The SMILES string of the molecule is FC(F)(F)c1ccc(NC/C=C/c2ccc(Br)s2)cc1. The highest BCUT2D eigenvalue weighted by molar-refractivity contribution is 9.11. The first-order chi connectivity index (χ1) is 9.45. The van der Waals surface area contributed by atoms with Crippen LogP contribution in [-0.4, -0.2) is 6.54 Å². The summed E-state index contributed by atoms with van der Waals surface area (Å²) in [5, 5.41) is 3.04. The maximum absolute atomic E-state index is 12.4. The summed E-state index contributed by atoms with van der Waals surface area (Å²) in [7, 11) is 0. The van der Waals surface area contributed by atoms with Crippen LogP contribution in [0.1, 0.15) is 10.4 Å². The summed E-state index contributed by atoms with van der Waals surface area (Å²) in [6, 6.07) is 8.96. The Kier molecular flexibility index (Phi) is 4.88. The van der Waals surface area contributed by atoms with Crippen LogP contribution in [0.3, 0.4) is 0 Å². The van der Waals surface area contributed by atoms with Crippen LogP contribution in [0.2, 0.25) is 0 Å². The Morgan fingerprint density at radius 3 is 2.35 bits per heavy atom. The average molecular weight is 362 g/mol. The molecule has 1 N–H and O–H groups in total. The third kappa shape index (κ3) is 4.38. The molecule has 0 radical (unpaired) electrons. The van der Waals surface area contributed by atoms with E-state index in [0.29, 0.717) is 12.2 Å². The zero-order valence-electron chi connectivity index (χ0n) is 10.2. The Labute approximate surface area is 127 Å². The largest absolute Gasteiger partial charge is 0.416 e. The van der Waals surface area contributed by atoms with Crippen LogP contribution in [0.4, 0.5) is 18.9 Å². The zero-order chi connectivity index (χ0) is 14.6. The Hall–Kier alpha value is -1.27. The van der Waals surface area contributed by atoms with Crippen molar-refractivity contribution in [1.29, 1.82) is 0 Å². The van der Waals surface area contributed by atoms with Gasteiger partial charge in [-0.2, -0.15) is 13.2 Å². The smallest absolute Gasteiger partial charge is 0.382 e. The lowest BCUT2D eigenvalue weighted by molar-refractivity contribution is -0.137. The molecule has 0 aliphatic heterocycles. The molecule has 0 saturated carbocycles. The molecule has 0 spiro atoms. The maximum Gasteiger partial charge on any atom is 0.416 e. The van der Waals surface area contributed by atoms with E-state index in [1.54, 1.807) is 11.3 Å². The van der Waals surface area contributed by atoms with E-state index in [-0.39, 0.29) is 0 Å². The molecule has 2 aromatic rings. The highest BCUT2D eigenvalue weighted by Crippen LogP contribution is 2.29. The number of nitrogens with one attached hydrogen (secondary N) is 1. The molecule has 1 heterocycles. The fourth-order valence-corrected chi connectivity index (χ4v) is 2.90. The summed E-state index contributed by atoms with van der Waals surface area (Å²) in [5.41, 5.74) is 0.0250. The number of halogens is 4. The maximum atomic E-state index is 12.4. The molecular weight excluding hydrogens is 351 g/mol. The first-order valence-corrected chi connectivity index (χ1v) is 7.39. The molecule has 0 saturated heterocycles. The fraction of sp³-hybridized carbons (Fsp3) is 0.143. The van der Waals surface area contributed by atoms with Gasteiger partial charge in [0, 0.05) is 17.1 Å². The van der Waals surface area contributed by atoms with Gasteiger partial charge in [0.25, 0.3) is 0 Å². The molecular formula is C14H11BrF3NS. The first kappa shape index (κ1) is 15.1. The predicted molar refractivity (Wildman–Crippen MR) is 81.0 cm³/mol. The number of anilines is 1. The minimum Gasteiger partial charge on any atom is -0.382 e. The van der Waals surface area contributed by atoms with Crippen molar-refractivity contribution >= 4 is 39.0 Å². The molecule has 106 valence electrons. The number of hydrogen-bond donors (Lipinski definition) is 1. The highest BCUT2D eigenvalue weighted by Gasteiger charge is 2.29. The van der Waals surface area contributed by atoms with Gasteiger partial charge < -0.3 is 5.32 Å². The normalized spacial score (nSPS) is 12.0. The minimum atomic E-state index is -4.29. The fourth-order valence-electron chi connectivity index (χ4n) is 1.55. The monoisotopic (exact) mass is 361 g/mol. The molecule has 0 unspecified atom stereocenters. The second-order valence-corrected chi connectivity index (χ2v) is 6.49. The van der Waals surface area contributed by atoms with Crippen molar-refractivity contribution in [2.45, 2.75) is 6.18 Å². The number of thiophene rings is 1. The first-order valence-electron chi connectivity index (χ1n) is 5.78. The average Bonchev–Trinajstić information content (AvgIpc) is 2.80. The van der Waals surface area contributed by atoms with Crippen molar-refractivity contribution in [3.05, 3.63) is 56.7 Å². The van der Waals surface area contributed by atoms with Crippen LogP contribution >= 0.6 is 27.3 Å². The van der Waals surface area contributed by atoms with E-state index in [2.05, 4.69) is 21.2 Å². The summed E-state index contributed by atoms with van der Waals surface area (Å²) < 4.78 is 38.2. The van der Waals surface area contributed by atoms with Gasteiger partial charge in [0.1, 0.15) is 0 Å².